The maximum atomic E-state index is 12.1. The predicted molar refractivity (Wildman–Crippen MR) is 88.4 cm³/mol. The van der Waals surface area contributed by atoms with Crippen molar-refractivity contribution in [1.82, 2.24) is 9.97 Å². The Bertz CT molecular complexity index is 675. The number of rotatable bonds is 5. The zero-order valence-electron chi connectivity index (χ0n) is 13.2. The summed E-state index contributed by atoms with van der Waals surface area (Å²) in [5, 5.41) is 1.06. The summed E-state index contributed by atoms with van der Waals surface area (Å²) in [7, 11) is 0. The molecule has 2 aromatic rings. The minimum Gasteiger partial charge on any atom is -0.462 e. The Morgan fingerprint density at radius 2 is 2.14 bits per heavy atom. The molecule has 0 amide bonds. The Hall–Kier alpha value is -1.49. The van der Waals surface area contributed by atoms with Gasteiger partial charge in [0.1, 0.15) is 16.0 Å². The first-order chi connectivity index (χ1) is 10.7. The van der Waals surface area contributed by atoms with Crippen molar-refractivity contribution in [2.75, 3.05) is 6.61 Å². The van der Waals surface area contributed by atoms with E-state index < -0.39 is 0 Å². The lowest BCUT2D eigenvalue weighted by molar-refractivity contribution is 0.0531. The van der Waals surface area contributed by atoms with E-state index in [9.17, 15) is 4.79 Å². The topological polar surface area (TPSA) is 52.1 Å². The number of fused-ring (bicyclic) bond motifs is 1. The summed E-state index contributed by atoms with van der Waals surface area (Å²) < 4.78 is 5.14. The van der Waals surface area contributed by atoms with E-state index in [2.05, 4.69) is 9.97 Å². The van der Waals surface area contributed by atoms with Crippen LogP contribution in [0.1, 0.15) is 60.0 Å². The zero-order chi connectivity index (χ0) is 15.5. The van der Waals surface area contributed by atoms with Gasteiger partial charge in [0.25, 0.3) is 0 Å². The van der Waals surface area contributed by atoms with Crippen molar-refractivity contribution in [2.45, 2.75) is 52.4 Å². The van der Waals surface area contributed by atoms with E-state index >= 15 is 0 Å². The van der Waals surface area contributed by atoms with Gasteiger partial charge in [-0.3, -0.25) is 0 Å². The number of carbonyl (C=O) groups excluding carboxylic acids is 1. The highest BCUT2D eigenvalue weighted by molar-refractivity contribution is 7.20. The van der Waals surface area contributed by atoms with Gasteiger partial charge in [-0.25, -0.2) is 14.8 Å². The van der Waals surface area contributed by atoms with Gasteiger partial charge in [-0.15, -0.1) is 11.3 Å². The number of nitrogens with zero attached hydrogens (tertiary/aromatic N) is 2. The minimum atomic E-state index is -0.246. The van der Waals surface area contributed by atoms with Crippen LogP contribution in [0.4, 0.5) is 0 Å². The lowest BCUT2D eigenvalue weighted by Gasteiger charge is -2.09. The Balaban J connectivity index is 1.88. The molecule has 0 bridgehead atoms. The van der Waals surface area contributed by atoms with E-state index in [1.807, 2.05) is 13.8 Å². The van der Waals surface area contributed by atoms with Gasteiger partial charge in [0, 0.05) is 5.39 Å². The van der Waals surface area contributed by atoms with E-state index in [0.717, 1.165) is 33.8 Å². The molecular weight excluding hydrogens is 296 g/mol. The molecule has 0 spiro atoms. The van der Waals surface area contributed by atoms with Gasteiger partial charge in [0.15, 0.2) is 0 Å². The van der Waals surface area contributed by atoms with Crippen LogP contribution < -0.4 is 0 Å². The number of thiophene rings is 1. The van der Waals surface area contributed by atoms with Crippen molar-refractivity contribution in [3.63, 3.8) is 0 Å². The molecule has 2 aromatic heterocycles. The van der Waals surface area contributed by atoms with Gasteiger partial charge in [-0.1, -0.05) is 25.7 Å². The molecule has 0 aromatic carbocycles. The first-order valence-corrected chi connectivity index (χ1v) is 8.92. The Morgan fingerprint density at radius 3 is 2.86 bits per heavy atom. The van der Waals surface area contributed by atoms with Gasteiger partial charge in [-0.05, 0) is 38.2 Å². The second-order valence-electron chi connectivity index (χ2n) is 5.97. The molecule has 0 aliphatic heterocycles. The molecular formula is C17H22N2O2S. The number of ether oxygens (including phenoxy) is 1. The predicted octanol–water partition coefficient (Wildman–Crippen LogP) is 4.30. The molecule has 0 unspecified atom stereocenters. The molecule has 1 aliphatic rings. The lowest BCUT2D eigenvalue weighted by Crippen LogP contribution is -2.04. The Labute approximate surface area is 134 Å². The third-order valence-electron chi connectivity index (χ3n) is 4.53. The molecule has 1 fully saturated rings. The summed E-state index contributed by atoms with van der Waals surface area (Å²) in [6, 6.07) is 0. The molecule has 0 radical (unpaired) electrons. The second kappa shape index (κ2) is 6.73. The standard InChI is InChI=1S/C17H22N2O2S/c1-3-21-17(20)15-11(2)14-13(18-10-19-16(14)22-15)9-8-12-6-4-5-7-12/h10,12H,3-9H2,1-2H3. The summed E-state index contributed by atoms with van der Waals surface area (Å²) in [6.07, 6.45) is 9.23. The molecule has 1 aliphatic carbocycles. The van der Waals surface area contributed by atoms with Gasteiger partial charge in [-0.2, -0.15) is 0 Å². The van der Waals surface area contributed by atoms with E-state index in [-0.39, 0.29) is 5.97 Å². The first kappa shape index (κ1) is 15.4. The van der Waals surface area contributed by atoms with Crippen LogP contribution in [0.15, 0.2) is 6.33 Å². The summed E-state index contributed by atoms with van der Waals surface area (Å²) >= 11 is 1.42. The van der Waals surface area contributed by atoms with Crippen LogP contribution in [-0.2, 0) is 11.2 Å². The van der Waals surface area contributed by atoms with Crippen molar-refractivity contribution in [1.29, 1.82) is 0 Å². The second-order valence-corrected chi connectivity index (χ2v) is 6.97. The molecule has 2 heterocycles. The van der Waals surface area contributed by atoms with Crippen LogP contribution >= 0.6 is 11.3 Å². The monoisotopic (exact) mass is 318 g/mol. The van der Waals surface area contributed by atoms with Crippen LogP contribution in [0.3, 0.4) is 0 Å². The number of esters is 1. The van der Waals surface area contributed by atoms with E-state index in [1.54, 1.807) is 6.33 Å². The van der Waals surface area contributed by atoms with Crippen molar-refractivity contribution < 1.29 is 9.53 Å². The third kappa shape index (κ3) is 3.00. The SMILES string of the molecule is CCOC(=O)c1sc2ncnc(CCC3CCCC3)c2c1C. The van der Waals surface area contributed by atoms with Gasteiger partial charge >= 0.3 is 5.97 Å². The fourth-order valence-electron chi connectivity index (χ4n) is 3.37. The molecule has 5 heteroatoms. The van der Waals surface area contributed by atoms with Crippen LogP contribution in [0, 0.1) is 12.8 Å². The summed E-state index contributed by atoms with van der Waals surface area (Å²) in [6.45, 7) is 4.20. The van der Waals surface area contributed by atoms with E-state index in [4.69, 9.17) is 4.74 Å². The average Bonchev–Trinajstić information content (AvgIpc) is 3.14. The average molecular weight is 318 g/mol. The summed E-state index contributed by atoms with van der Waals surface area (Å²) in [5.74, 6) is 0.596. The van der Waals surface area contributed by atoms with Crippen molar-refractivity contribution in [3.05, 3.63) is 22.5 Å². The van der Waals surface area contributed by atoms with Gasteiger partial charge in [0.2, 0.25) is 0 Å². The molecule has 3 rings (SSSR count). The van der Waals surface area contributed by atoms with Crippen LogP contribution in [0.5, 0.6) is 0 Å². The van der Waals surface area contributed by atoms with Gasteiger partial charge in [0.05, 0.1) is 12.3 Å². The van der Waals surface area contributed by atoms with E-state index in [1.165, 1.54) is 43.4 Å². The summed E-state index contributed by atoms with van der Waals surface area (Å²) in [4.78, 5) is 22.5. The molecule has 22 heavy (non-hydrogen) atoms. The highest BCUT2D eigenvalue weighted by atomic mass is 32.1. The summed E-state index contributed by atoms with van der Waals surface area (Å²) in [5.41, 5.74) is 2.06. The minimum absolute atomic E-state index is 0.246. The highest BCUT2D eigenvalue weighted by Gasteiger charge is 2.21. The fraction of sp³-hybridized carbons (Fsp3) is 0.588. The zero-order valence-corrected chi connectivity index (χ0v) is 14.0. The van der Waals surface area contributed by atoms with E-state index in [0.29, 0.717) is 11.5 Å². The lowest BCUT2D eigenvalue weighted by atomic mass is 9.99. The molecule has 118 valence electrons. The maximum absolute atomic E-state index is 12.1. The molecule has 4 nitrogen and oxygen atoms in total. The largest absolute Gasteiger partial charge is 0.462 e. The quantitative estimate of drug-likeness (QED) is 0.771. The van der Waals surface area contributed by atoms with Crippen molar-refractivity contribution >= 4 is 27.5 Å². The maximum Gasteiger partial charge on any atom is 0.348 e. The van der Waals surface area contributed by atoms with Crippen LogP contribution in [0.2, 0.25) is 0 Å². The number of aryl methyl sites for hydroxylation is 2. The Kier molecular flexibility index (Phi) is 4.71. The fourth-order valence-corrected chi connectivity index (χ4v) is 4.43. The normalized spacial score (nSPS) is 15.5. The first-order valence-electron chi connectivity index (χ1n) is 8.10. The van der Waals surface area contributed by atoms with Gasteiger partial charge < -0.3 is 4.74 Å². The van der Waals surface area contributed by atoms with Crippen molar-refractivity contribution in [3.8, 4) is 0 Å². The van der Waals surface area contributed by atoms with Crippen LogP contribution in [-0.4, -0.2) is 22.5 Å². The highest BCUT2D eigenvalue weighted by Crippen LogP contribution is 2.34. The van der Waals surface area contributed by atoms with Crippen LogP contribution in [0.25, 0.3) is 10.2 Å². The number of carbonyl (C=O) groups is 1. The number of aromatic nitrogens is 2. The molecule has 0 atom stereocenters. The molecule has 0 saturated heterocycles. The third-order valence-corrected chi connectivity index (χ3v) is 5.71. The smallest absolute Gasteiger partial charge is 0.348 e. The van der Waals surface area contributed by atoms with Crippen molar-refractivity contribution in [2.24, 2.45) is 5.92 Å². The number of hydrogen-bond donors (Lipinski definition) is 0. The number of hydrogen-bond acceptors (Lipinski definition) is 5. The Morgan fingerprint density at radius 1 is 1.36 bits per heavy atom. The molecule has 0 N–H and O–H groups in total. The molecule has 1 saturated carbocycles.